The van der Waals surface area contributed by atoms with Crippen LogP contribution < -0.4 is 0 Å². The summed E-state index contributed by atoms with van der Waals surface area (Å²) < 4.78 is 6.89. The molecule has 4 nitrogen and oxygen atoms in total. The fourth-order valence-corrected chi connectivity index (χ4v) is 2.07. The van der Waals surface area contributed by atoms with Crippen LogP contribution in [0.2, 0.25) is 0 Å². The van der Waals surface area contributed by atoms with E-state index in [-0.39, 0.29) is 0 Å². The molecule has 108 valence electrons. The maximum absolute atomic E-state index is 12.3. The highest BCUT2D eigenvalue weighted by atomic mass is 16.6. The molecule has 0 aromatic carbocycles. The summed E-state index contributed by atoms with van der Waals surface area (Å²) in [7, 11) is 0. The van der Waals surface area contributed by atoms with Crippen LogP contribution in [0, 0.1) is 19.3 Å². The van der Waals surface area contributed by atoms with Crippen LogP contribution in [0.3, 0.4) is 0 Å². The summed E-state index contributed by atoms with van der Waals surface area (Å²) in [6.07, 6.45) is 11.7. The zero-order chi connectivity index (χ0) is 15.6. The molecule has 0 amide bonds. The third-order valence-corrected chi connectivity index (χ3v) is 2.89. The summed E-state index contributed by atoms with van der Waals surface area (Å²) >= 11 is 0. The van der Waals surface area contributed by atoms with Gasteiger partial charge in [0.2, 0.25) is 0 Å². The fraction of sp³-hybridized carbons (Fsp3) is 0.294. The molecule has 0 unspecified atom stereocenters. The van der Waals surface area contributed by atoms with Crippen molar-refractivity contribution in [2.45, 2.75) is 33.3 Å². The molecule has 2 aromatic rings. The van der Waals surface area contributed by atoms with Crippen LogP contribution >= 0.6 is 0 Å². The van der Waals surface area contributed by atoms with Crippen LogP contribution in [0.5, 0.6) is 0 Å². The van der Waals surface area contributed by atoms with Crippen molar-refractivity contribution < 1.29 is 9.53 Å². The van der Waals surface area contributed by atoms with Crippen LogP contribution in [-0.4, -0.2) is 21.2 Å². The first-order chi connectivity index (χ1) is 9.83. The quantitative estimate of drug-likeness (QED) is 0.748. The molecule has 0 saturated heterocycles. The Hall–Kier alpha value is -2.54. The average Bonchev–Trinajstić information content (AvgIpc) is 2.82. The highest BCUT2D eigenvalue weighted by Crippen LogP contribution is 2.24. The second-order valence-corrected chi connectivity index (χ2v) is 5.73. The van der Waals surface area contributed by atoms with Crippen molar-refractivity contribution in [1.82, 2.24) is 9.55 Å². The van der Waals surface area contributed by atoms with Gasteiger partial charge in [-0.2, -0.15) is 0 Å². The van der Waals surface area contributed by atoms with Gasteiger partial charge in [0.05, 0.1) is 11.2 Å². The van der Waals surface area contributed by atoms with Crippen molar-refractivity contribution in [3.8, 4) is 12.3 Å². The number of terminal acetylenes is 1. The Balaban J connectivity index is 2.56. The standard InChI is InChI=1S/C17H18N2O2/c1-6-7-8-13-11-18-12(2)15-14(13)9-10-19(15)16(20)21-17(3,4)5/h1,7-11H,2-5H3/b8-7-. The molecule has 4 heteroatoms. The largest absolute Gasteiger partial charge is 0.443 e. The molecule has 0 fully saturated rings. The van der Waals surface area contributed by atoms with E-state index in [0.717, 1.165) is 22.2 Å². The number of aromatic nitrogens is 2. The predicted molar refractivity (Wildman–Crippen MR) is 84.0 cm³/mol. The minimum Gasteiger partial charge on any atom is -0.443 e. The molecule has 0 atom stereocenters. The van der Waals surface area contributed by atoms with Crippen molar-refractivity contribution in [2.24, 2.45) is 0 Å². The molecule has 0 radical (unpaired) electrons. The molecule has 2 aromatic heterocycles. The van der Waals surface area contributed by atoms with Crippen molar-refractivity contribution in [2.75, 3.05) is 0 Å². The summed E-state index contributed by atoms with van der Waals surface area (Å²) in [6.45, 7) is 7.37. The Bertz CT molecular complexity index is 755. The number of fused-ring (bicyclic) bond motifs is 1. The smallest absolute Gasteiger partial charge is 0.419 e. The first-order valence-electron chi connectivity index (χ1n) is 6.66. The van der Waals surface area contributed by atoms with Gasteiger partial charge in [0.1, 0.15) is 5.60 Å². The minimum atomic E-state index is -0.546. The van der Waals surface area contributed by atoms with E-state index < -0.39 is 11.7 Å². The first kappa shape index (κ1) is 14.9. The SMILES string of the molecule is C#C/C=C\c1cnc(C)c2c1ccn2C(=O)OC(C)(C)C. The lowest BCUT2D eigenvalue weighted by molar-refractivity contribution is 0.0544. The second-order valence-electron chi connectivity index (χ2n) is 5.73. The Labute approximate surface area is 124 Å². The van der Waals surface area contributed by atoms with E-state index in [1.54, 1.807) is 24.5 Å². The van der Waals surface area contributed by atoms with Gasteiger partial charge in [-0.05, 0) is 45.9 Å². The third kappa shape index (κ3) is 3.14. The van der Waals surface area contributed by atoms with Gasteiger partial charge in [-0.15, -0.1) is 6.42 Å². The molecule has 2 heterocycles. The van der Waals surface area contributed by atoms with E-state index in [1.807, 2.05) is 33.8 Å². The lowest BCUT2D eigenvalue weighted by Gasteiger charge is -2.20. The fourth-order valence-electron chi connectivity index (χ4n) is 2.07. The van der Waals surface area contributed by atoms with E-state index >= 15 is 0 Å². The molecule has 0 saturated carbocycles. The molecule has 0 aliphatic carbocycles. The van der Waals surface area contributed by atoms with Gasteiger partial charge in [-0.3, -0.25) is 9.55 Å². The van der Waals surface area contributed by atoms with Gasteiger partial charge in [-0.25, -0.2) is 4.79 Å². The lowest BCUT2D eigenvalue weighted by atomic mass is 10.1. The number of carbonyl (C=O) groups excluding carboxylic acids is 1. The lowest BCUT2D eigenvalue weighted by Crippen LogP contribution is -2.26. The summed E-state index contributed by atoms with van der Waals surface area (Å²) in [4.78, 5) is 16.6. The maximum atomic E-state index is 12.3. The van der Waals surface area contributed by atoms with Crippen LogP contribution in [0.4, 0.5) is 4.79 Å². The molecule has 0 aliphatic heterocycles. The Kier molecular flexibility index (Phi) is 3.86. The number of nitrogens with zero attached hydrogens (tertiary/aromatic N) is 2. The molecule has 0 N–H and O–H groups in total. The Morgan fingerprint density at radius 3 is 2.81 bits per heavy atom. The predicted octanol–water partition coefficient (Wildman–Crippen LogP) is 3.77. The number of hydrogen-bond donors (Lipinski definition) is 0. The van der Waals surface area contributed by atoms with Gasteiger partial charge in [0.25, 0.3) is 0 Å². The van der Waals surface area contributed by atoms with Gasteiger partial charge in [-0.1, -0.05) is 5.92 Å². The summed E-state index contributed by atoms with van der Waals surface area (Å²) in [5.74, 6) is 2.45. The van der Waals surface area contributed by atoms with Crippen molar-refractivity contribution >= 4 is 23.1 Å². The highest BCUT2D eigenvalue weighted by Gasteiger charge is 2.20. The second kappa shape index (κ2) is 5.45. The summed E-state index contributed by atoms with van der Waals surface area (Å²) in [5.41, 5.74) is 1.83. The van der Waals surface area contributed by atoms with Crippen LogP contribution in [0.1, 0.15) is 32.0 Å². The highest BCUT2D eigenvalue weighted by molar-refractivity contribution is 5.95. The van der Waals surface area contributed by atoms with Crippen molar-refractivity contribution in [3.63, 3.8) is 0 Å². The third-order valence-electron chi connectivity index (χ3n) is 2.89. The molecule has 2 rings (SSSR count). The number of carbonyl (C=O) groups is 1. The van der Waals surface area contributed by atoms with Crippen molar-refractivity contribution in [1.29, 1.82) is 0 Å². The number of ether oxygens (including phenoxy) is 1. The Morgan fingerprint density at radius 2 is 2.19 bits per heavy atom. The van der Waals surface area contributed by atoms with Gasteiger partial charge in [0.15, 0.2) is 0 Å². The summed E-state index contributed by atoms with van der Waals surface area (Å²) in [6, 6.07) is 1.87. The molecular formula is C17H18N2O2. The maximum Gasteiger partial charge on any atom is 0.419 e. The number of aryl methyl sites for hydroxylation is 1. The monoisotopic (exact) mass is 282 g/mol. The number of pyridine rings is 1. The van der Waals surface area contributed by atoms with Gasteiger partial charge >= 0.3 is 6.09 Å². The molecule has 0 spiro atoms. The van der Waals surface area contributed by atoms with Gasteiger partial charge in [0, 0.05) is 23.3 Å². The van der Waals surface area contributed by atoms with Crippen LogP contribution in [0.15, 0.2) is 24.5 Å². The number of allylic oxidation sites excluding steroid dienone is 1. The zero-order valence-electron chi connectivity index (χ0n) is 12.7. The van der Waals surface area contributed by atoms with Crippen molar-refractivity contribution in [3.05, 3.63) is 35.8 Å². The topological polar surface area (TPSA) is 44.1 Å². The van der Waals surface area contributed by atoms with Crippen LogP contribution in [0.25, 0.3) is 17.0 Å². The van der Waals surface area contributed by atoms with Gasteiger partial charge < -0.3 is 4.74 Å². The van der Waals surface area contributed by atoms with E-state index in [4.69, 9.17) is 11.2 Å². The van der Waals surface area contributed by atoms with E-state index in [2.05, 4.69) is 10.9 Å². The zero-order valence-corrected chi connectivity index (χ0v) is 12.7. The minimum absolute atomic E-state index is 0.416. The molecule has 0 aliphatic rings. The molecule has 0 bridgehead atoms. The summed E-state index contributed by atoms with van der Waals surface area (Å²) in [5, 5.41) is 0.917. The van der Waals surface area contributed by atoms with E-state index in [9.17, 15) is 4.79 Å². The average molecular weight is 282 g/mol. The molecular weight excluding hydrogens is 264 g/mol. The number of hydrogen-bond acceptors (Lipinski definition) is 3. The molecule has 21 heavy (non-hydrogen) atoms. The normalized spacial score (nSPS) is 11.8. The van der Waals surface area contributed by atoms with E-state index in [1.165, 1.54) is 4.57 Å². The van der Waals surface area contributed by atoms with Crippen LogP contribution in [-0.2, 0) is 4.74 Å². The first-order valence-corrected chi connectivity index (χ1v) is 6.66. The number of rotatable bonds is 1. The van der Waals surface area contributed by atoms with E-state index in [0.29, 0.717) is 0 Å². The Morgan fingerprint density at radius 1 is 1.48 bits per heavy atom.